The van der Waals surface area contributed by atoms with Crippen LogP contribution < -0.4 is 14.8 Å². The third-order valence-corrected chi connectivity index (χ3v) is 5.39. The van der Waals surface area contributed by atoms with Crippen molar-refractivity contribution in [3.63, 3.8) is 0 Å². The maximum atomic E-state index is 13.5. The zero-order chi connectivity index (χ0) is 24.4. The summed E-state index contributed by atoms with van der Waals surface area (Å²) in [5.74, 6) is -0.951. The molecular weight excluding hydrogens is 441 g/mol. The largest absolute Gasteiger partial charge is 0.496 e. The Morgan fingerprint density at radius 3 is 2.35 bits per heavy atom. The summed E-state index contributed by atoms with van der Waals surface area (Å²) in [6.07, 6.45) is 0. The second-order valence-corrected chi connectivity index (χ2v) is 7.39. The molecule has 7 nitrogen and oxygen atoms in total. The number of rotatable bonds is 7. The van der Waals surface area contributed by atoms with Crippen molar-refractivity contribution in [3.8, 4) is 33.9 Å². The number of hydrogen-bond donors (Lipinski definition) is 2. The first-order chi connectivity index (χ1) is 16.4. The maximum Gasteiger partial charge on any atom is 0.339 e. The third kappa shape index (κ3) is 4.05. The van der Waals surface area contributed by atoms with Crippen LogP contribution >= 0.6 is 0 Å². The molecule has 0 fully saturated rings. The van der Waals surface area contributed by atoms with E-state index in [1.807, 2.05) is 6.92 Å². The van der Waals surface area contributed by atoms with Crippen molar-refractivity contribution in [2.75, 3.05) is 20.8 Å². The number of carboxylic acid groups (broad SMARTS) is 1. The van der Waals surface area contributed by atoms with Crippen LogP contribution in [0.3, 0.4) is 0 Å². The number of halogens is 1. The van der Waals surface area contributed by atoms with Crippen LogP contribution in [0.4, 0.5) is 4.39 Å². The molecule has 0 saturated heterocycles. The van der Waals surface area contributed by atoms with Crippen LogP contribution in [0.15, 0.2) is 59.0 Å². The minimum Gasteiger partial charge on any atom is -0.496 e. The normalized spacial score (nSPS) is 10.8. The van der Waals surface area contributed by atoms with Gasteiger partial charge in [0.2, 0.25) is 0 Å². The molecule has 0 bridgehead atoms. The van der Waals surface area contributed by atoms with E-state index < -0.39 is 11.8 Å². The lowest BCUT2D eigenvalue weighted by Crippen LogP contribution is -2.18. The van der Waals surface area contributed by atoms with Gasteiger partial charge in [0.25, 0.3) is 5.91 Å². The Kier molecular flexibility index (Phi) is 6.23. The number of benzene rings is 3. The summed E-state index contributed by atoms with van der Waals surface area (Å²) in [4.78, 5) is 24.6. The van der Waals surface area contributed by atoms with E-state index in [0.717, 1.165) is 0 Å². The van der Waals surface area contributed by atoms with Gasteiger partial charge in [-0.3, -0.25) is 4.79 Å². The summed E-state index contributed by atoms with van der Waals surface area (Å²) in [5, 5.41) is 12.7. The number of hydrogen-bond acceptors (Lipinski definition) is 5. The van der Waals surface area contributed by atoms with Crippen LogP contribution in [0.1, 0.15) is 27.6 Å². The number of aromatic carboxylic acids is 1. The molecule has 0 aliphatic heterocycles. The van der Waals surface area contributed by atoms with Crippen LogP contribution in [0, 0.1) is 5.82 Å². The highest BCUT2D eigenvalue weighted by Crippen LogP contribution is 2.41. The van der Waals surface area contributed by atoms with Crippen LogP contribution in [0.5, 0.6) is 11.5 Å². The van der Waals surface area contributed by atoms with Crippen molar-refractivity contribution < 1.29 is 33.0 Å². The van der Waals surface area contributed by atoms with E-state index in [4.69, 9.17) is 13.9 Å². The predicted molar refractivity (Wildman–Crippen MR) is 125 cm³/mol. The number of amides is 1. The predicted octanol–water partition coefficient (Wildman–Crippen LogP) is 5.37. The van der Waals surface area contributed by atoms with Gasteiger partial charge < -0.3 is 24.3 Å². The van der Waals surface area contributed by atoms with Gasteiger partial charge in [0.15, 0.2) is 0 Å². The number of carbonyl (C=O) groups is 2. The highest BCUT2D eigenvalue weighted by Gasteiger charge is 2.24. The summed E-state index contributed by atoms with van der Waals surface area (Å²) >= 11 is 0. The summed E-state index contributed by atoms with van der Waals surface area (Å²) in [6, 6.07) is 13.8. The lowest BCUT2D eigenvalue weighted by Gasteiger charge is -2.13. The minimum atomic E-state index is -1.13. The smallest absolute Gasteiger partial charge is 0.339 e. The Bertz CT molecular complexity index is 1390. The van der Waals surface area contributed by atoms with Crippen molar-refractivity contribution in [2.24, 2.45) is 0 Å². The Labute approximate surface area is 194 Å². The average Bonchev–Trinajstić information content (AvgIpc) is 3.21. The Hall–Kier alpha value is -4.33. The first kappa shape index (κ1) is 22.8. The average molecular weight is 463 g/mol. The van der Waals surface area contributed by atoms with Gasteiger partial charge in [-0.05, 0) is 55.0 Å². The third-order valence-electron chi connectivity index (χ3n) is 5.39. The quantitative estimate of drug-likeness (QED) is 0.382. The molecule has 0 aliphatic rings. The highest BCUT2D eigenvalue weighted by molar-refractivity contribution is 6.12. The summed E-state index contributed by atoms with van der Waals surface area (Å²) in [7, 11) is 2.91. The Morgan fingerprint density at radius 2 is 1.74 bits per heavy atom. The fraction of sp³-hybridized carbons (Fsp3) is 0.154. The van der Waals surface area contributed by atoms with Crippen molar-refractivity contribution >= 4 is 22.8 Å². The molecule has 0 saturated carbocycles. The molecule has 174 valence electrons. The van der Waals surface area contributed by atoms with Crippen LogP contribution in [0.2, 0.25) is 0 Å². The minimum absolute atomic E-state index is 0.00624. The monoisotopic (exact) mass is 463 g/mol. The lowest BCUT2D eigenvalue weighted by atomic mass is 9.97. The van der Waals surface area contributed by atoms with Gasteiger partial charge in [-0.15, -0.1) is 0 Å². The molecule has 4 aromatic rings. The molecule has 0 atom stereocenters. The van der Waals surface area contributed by atoms with E-state index in [2.05, 4.69) is 5.32 Å². The highest BCUT2D eigenvalue weighted by atomic mass is 19.1. The zero-order valence-electron chi connectivity index (χ0n) is 18.8. The summed E-state index contributed by atoms with van der Waals surface area (Å²) < 4.78 is 30.5. The van der Waals surface area contributed by atoms with E-state index in [9.17, 15) is 19.1 Å². The topological polar surface area (TPSA) is 98.0 Å². The Morgan fingerprint density at radius 1 is 1.03 bits per heavy atom. The van der Waals surface area contributed by atoms with Gasteiger partial charge >= 0.3 is 5.97 Å². The molecule has 0 unspecified atom stereocenters. The van der Waals surface area contributed by atoms with Crippen molar-refractivity contribution in [2.45, 2.75) is 6.92 Å². The fourth-order valence-electron chi connectivity index (χ4n) is 3.82. The van der Waals surface area contributed by atoms with Crippen LogP contribution in [-0.4, -0.2) is 37.7 Å². The SMILES string of the molecule is CCOc1cc2oc(-c3ccc(F)cc3)c(C(=O)NC)c2cc1-c1ccc(OC)c(C(=O)O)c1. The van der Waals surface area contributed by atoms with Crippen LogP contribution in [0.25, 0.3) is 33.4 Å². The molecule has 0 spiro atoms. The van der Waals surface area contributed by atoms with E-state index >= 15 is 0 Å². The second-order valence-electron chi connectivity index (χ2n) is 7.39. The first-order valence-corrected chi connectivity index (χ1v) is 10.5. The molecule has 0 radical (unpaired) electrons. The van der Waals surface area contributed by atoms with E-state index in [-0.39, 0.29) is 28.5 Å². The van der Waals surface area contributed by atoms with E-state index in [0.29, 0.717) is 40.0 Å². The molecular formula is C26H22FNO6. The molecule has 1 heterocycles. The van der Waals surface area contributed by atoms with E-state index in [1.54, 1.807) is 24.3 Å². The molecule has 8 heteroatoms. The van der Waals surface area contributed by atoms with Gasteiger partial charge in [-0.25, -0.2) is 9.18 Å². The standard InChI is InChI=1S/C26H22FNO6/c1-4-33-21-13-22-18(12-17(21)15-7-10-20(32-3)19(11-15)26(30)31)23(25(29)28-2)24(34-22)14-5-8-16(27)9-6-14/h5-13H,4H2,1-3H3,(H,28,29)(H,30,31). The van der Waals surface area contributed by atoms with Crippen molar-refractivity contribution in [1.29, 1.82) is 0 Å². The number of methoxy groups -OCH3 is 1. The number of carboxylic acids is 1. The van der Waals surface area contributed by atoms with Crippen molar-refractivity contribution in [1.82, 2.24) is 5.32 Å². The molecule has 1 aromatic heterocycles. The molecule has 2 N–H and O–H groups in total. The van der Waals surface area contributed by atoms with Crippen LogP contribution in [-0.2, 0) is 0 Å². The zero-order valence-corrected chi connectivity index (χ0v) is 18.8. The van der Waals surface area contributed by atoms with Gasteiger partial charge in [0.1, 0.15) is 34.2 Å². The molecule has 0 aliphatic carbocycles. The second kappa shape index (κ2) is 9.27. The molecule has 34 heavy (non-hydrogen) atoms. The summed E-state index contributed by atoms with van der Waals surface area (Å²) in [6.45, 7) is 2.18. The van der Waals surface area contributed by atoms with E-state index in [1.165, 1.54) is 44.5 Å². The first-order valence-electron chi connectivity index (χ1n) is 10.5. The lowest BCUT2D eigenvalue weighted by molar-refractivity contribution is 0.0693. The number of furan rings is 1. The number of fused-ring (bicyclic) bond motifs is 1. The number of nitrogens with one attached hydrogen (secondary N) is 1. The molecule has 4 rings (SSSR count). The maximum absolute atomic E-state index is 13.5. The molecule has 1 amide bonds. The van der Waals surface area contributed by atoms with Crippen molar-refractivity contribution in [3.05, 3.63) is 71.5 Å². The number of ether oxygens (including phenoxy) is 2. The summed E-state index contributed by atoms with van der Waals surface area (Å²) in [5.41, 5.74) is 2.35. The number of carbonyl (C=O) groups excluding carboxylic acids is 1. The van der Waals surface area contributed by atoms with Gasteiger partial charge in [-0.2, -0.15) is 0 Å². The Balaban J connectivity index is 2.01. The van der Waals surface area contributed by atoms with Gasteiger partial charge in [0, 0.05) is 29.6 Å². The van der Waals surface area contributed by atoms with Gasteiger partial charge in [0.05, 0.1) is 19.3 Å². The fourth-order valence-corrected chi connectivity index (χ4v) is 3.82. The van der Waals surface area contributed by atoms with Gasteiger partial charge in [-0.1, -0.05) is 6.07 Å². The molecule has 3 aromatic carbocycles.